The zero-order chi connectivity index (χ0) is 12.3. The fourth-order valence-corrected chi connectivity index (χ4v) is 1.42. The second kappa shape index (κ2) is 5.05. The van der Waals surface area contributed by atoms with Gasteiger partial charge >= 0.3 is 0 Å². The Balaban J connectivity index is 3.17. The topological polar surface area (TPSA) is 103 Å². The van der Waals surface area contributed by atoms with Gasteiger partial charge in [0, 0.05) is 0 Å². The van der Waals surface area contributed by atoms with E-state index in [-0.39, 0.29) is 11.9 Å². The summed E-state index contributed by atoms with van der Waals surface area (Å²) in [6, 6.07) is 3.45. The summed E-state index contributed by atoms with van der Waals surface area (Å²) in [6.07, 6.45) is 0. The van der Waals surface area contributed by atoms with Gasteiger partial charge in [0.1, 0.15) is 0 Å². The van der Waals surface area contributed by atoms with Crippen molar-refractivity contribution in [2.45, 2.75) is 6.92 Å². The van der Waals surface area contributed by atoms with E-state index in [2.05, 4.69) is 9.98 Å². The molecule has 0 aliphatic carbocycles. The van der Waals surface area contributed by atoms with Crippen LogP contribution in [0.1, 0.15) is 5.56 Å². The molecule has 0 aromatic heterocycles. The van der Waals surface area contributed by atoms with E-state index in [4.69, 9.17) is 40.4 Å². The van der Waals surface area contributed by atoms with Crippen molar-refractivity contribution < 1.29 is 0 Å². The van der Waals surface area contributed by atoms with Crippen LogP contribution >= 0.6 is 23.2 Å². The van der Waals surface area contributed by atoms with Gasteiger partial charge in [-0.2, -0.15) is 4.99 Å². The van der Waals surface area contributed by atoms with Crippen molar-refractivity contribution in [2.24, 2.45) is 27.2 Å². The van der Waals surface area contributed by atoms with E-state index in [1.807, 2.05) is 6.92 Å². The largest absolute Gasteiger partial charge is 0.370 e. The highest BCUT2D eigenvalue weighted by Gasteiger charge is 2.06. The molecule has 0 radical (unpaired) electrons. The molecule has 0 aliphatic heterocycles. The number of hydrogen-bond donors (Lipinski definition) is 3. The molecule has 86 valence electrons. The fourth-order valence-electron chi connectivity index (χ4n) is 1.00. The molecule has 0 unspecified atom stereocenters. The number of aliphatic imine (C=N–C) groups is 2. The van der Waals surface area contributed by atoms with Gasteiger partial charge in [-0.1, -0.05) is 29.3 Å². The lowest BCUT2D eigenvalue weighted by Gasteiger charge is -2.03. The summed E-state index contributed by atoms with van der Waals surface area (Å²) in [6.45, 7) is 1.83. The number of rotatable bonds is 1. The van der Waals surface area contributed by atoms with Gasteiger partial charge in [-0.05, 0) is 18.6 Å². The van der Waals surface area contributed by atoms with E-state index >= 15 is 0 Å². The molecule has 1 aromatic rings. The van der Waals surface area contributed by atoms with Crippen molar-refractivity contribution in [2.75, 3.05) is 0 Å². The number of benzene rings is 1. The third kappa shape index (κ3) is 3.01. The summed E-state index contributed by atoms with van der Waals surface area (Å²) < 4.78 is 0. The summed E-state index contributed by atoms with van der Waals surface area (Å²) in [5, 5.41) is 0.746. The van der Waals surface area contributed by atoms with Crippen LogP contribution in [-0.4, -0.2) is 11.9 Å². The van der Waals surface area contributed by atoms with Crippen LogP contribution in [0.15, 0.2) is 22.1 Å². The van der Waals surface area contributed by atoms with Gasteiger partial charge < -0.3 is 17.2 Å². The second-order valence-electron chi connectivity index (χ2n) is 3.04. The van der Waals surface area contributed by atoms with Crippen LogP contribution in [0.25, 0.3) is 0 Å². The Bertz CT molecular complexity index is 463. The van der Waals surface area contributed by atoms with Crippen LogP contribution in [0.2, 0.25) is 10.0 Å². The zero-order valence-corrected chi connectivity index (χ0v) is 10.0. The standard InChI is InChI=1S/C9H11Cl2N5/c1-4-2-3-5(7(11)6(4)10)15-9(14)16-8(12)13/h2-3H,1H3,(H6,12,13,14,15,16). The van der Waals surface area contributed by atoms with Crippen LogP contribution in [0.3, 0.4) is 0 Å². The van der Waals surface area contributed by atoms with E-state index in [9.17, 15) is 0 Å². The van der Waals surface area contributed by atoms with E-state index < -0.39 is 0 Å². The van der Waals surface area contributed by atoms with Crippen LogP contribution in [-0.2, 0) is 0 Å². The fraction of sp³-hybridized carbons (Fsp3) is 0.111. The average molecular weight is 260 g/mol. The number of nitrogens with two attached hydrogens (primary N) is 3. The first-order valence-corrected chi connectivity index (χ1v) is 5.06. The summed E-state index contributed by atoms with van der Waals surface area (Å²) in [4.78, 5) is 7.50. The van der Waals surface area contributed by atoms with Gasteiger partial charge in [-0.3, -0.25) is 0 Å². The van der Waals surface area contributed by atoms with Crippen molar-refractivity contribution in [3.8, 4) is 0 Å². The molecule has 0 spiro atoms. The van der Waals surface area contributed by atoms with E-state index in [0.29, 0.717) is 15.7 Å². The molecule has 6 N–H and O–H groups in total. The minimum atomic E-state index is -0.171. The van der Waals surface area contributed by atoms with Gasteiger partial charge in [-0.15, -0.1) is 0 Å². The highest BCUT2D eigenvalue weighted by atomic mass is 35.5. The Morgan fingerprint density at radius 2 is 1.75 bits per heavy atom. The van der Waals surface area contributed by atoms with Crippen LogP contribution < -0.4 is 17.2 Å². The lowest BCUT2D eigenvalue weighted by atomic mass is 10.2. The molecular weight excluding hydrogens is 249 g/mol. The molecule has 0 saturated carbocycles. The minimum absolute atomic E-state index is 0.0816. The van der Waals surface area contributed by atoms with Crippen molar-refractivity contribution in [3.05, 3.63) is 27.7 Å². The maximum atomic E-state index is 5.97. The highest BCUT2D eigenvalue weighted by molar-refractivity contribution is 6.44. The molecule has 0 amide bonds. The third-order valence-corrected chi connectivity index (χ3v) is 2.70. The summed E-state index contributed by atoms with van der Waals surface area (Å²) in [5.74, 6) is -0.252. The Labute approximate surface area is 103 Å². The molecule has 0 saturated heterocycles. The molecule has 0 atom stereocenters. The Kier molecular flexibility index (Phi) is 3.98. The first-order chi connectivity index (χ1) is 7.41. The number of nitrogens with zero attached hydrogens (tertiary/aromatic N) is 2. The number of hydrogen-bond acceptors (Lipinski definition) is 1. The maximum absolute atomic E-state index is 5.97. The van der Waals surface area contributed by atoms with Gasteiger partial charge in [-0.25, -0.2) is 4.99 Å². The molecule has 0 heterocycles. The Morgan fingerprint density at radius 1 is 1.12 bits per heavy atom. The quantitative estimate of drug-likeness (QED) is 0.526. The van der Waals surface area contributed by atoms with E-state index in [0.717, 1.165) is 5.56 Å². The molecule has 1 aromatic carbocycles. The monoisotopic (exact) mass is 259 g/mol. The second-order valence-corrected chi connectivity index (χ2v) is 3.79. The van der Waals surface area contributed by atoms with Crippen molar-refractivity contribution in [1.29, 1.82) is 0 Å². The summed E-state index contributed by atoms with van der Waals surface area (Å²) in [7, 11) is 0. The first-order valence-electron chi connectivity index (χ1n) is 4.30. The van der Waals surface area contributed by atoms with Crippen LogP contribution in [0, 0.1) is 6.92 Å². The van der Waals surface area contributed by atoms with Gasteiger partial charge in [0.15, 0.2) is 5.96 Å². The number of aryl methyl sites for hydroxylation is 1. The summed E-state index contributed by atoms with van der Waals surface area (Å²) >= 11 is 11.9. The molecule has 0 bridgehead atoms. The zero-order valence-electron chi connectivity index (χ0n) is 8.54. The molecular formula is C9H11Cl2N5. The molecule has 5 nitrogen and oxygen atoms in total. The molecule has 0 aliphatic rings. The SMILES string of the molecule is Cc1ccc(N=C(N)N=C(N)N)c(Cl)c1Cl. The maximum Gasteiger partial charge on any atom is 0.223 e. The van der Waals surface area contributed by atoms with Crippen molar-refractivity contribution in [3.63, 3.8) is 0 Å². The number of guanidine groups is 2. The van der Waals surface area contributed by atoms with Gasteiger partial charge in [0.05, 0.1) is 15.7 Å². The Hall–Kier alpha value is -1.46. The molecule has 7 heteroatoms. The van der Waals surface area contributed by atoms with Crippen molar-refractivity contribution in [1.82, 2.24) is 0 Å². The normalized spacial score (nSPS) is 11.3. The molecule has 0 fully saturated rings. The summed E-state index contributed by atoms with van der Waals surface area (Å²) in [5.41, 5.74) is 17.0. The van der Waals surface area contributed by atoms with Crippen LogP contribution in [0.5, 0.6) is 0 Å². The van der Waals surface area contributed by atoms with Crippen molar-refractivity contribution >= 4 is 40.8 Å². The molecule has 1 rings (SSSR count). The Morgan fingerprint density at radius 3 is 2.31 bits per heavy atom. The lowest BCUT2D eigenvalue weighted by Crippen LogP contribution is -2.26. The van der Waals surface area contributed by atoms with E-state index in [1.165, 1.54) is 0 Å². The van der Waals surface area contributed by atoms with Gasteiger partial charge in [0.2, 0.25) is 5.96 Å². The highest BCUT2D eigenvalue weighted by Crippen LogP contribution is 2.34. The van der Waals surface area contributed by atoms with Gasteiger partial charge in [0.25, 0.3) is 0 Å². The predicted octanol–water partition coefficient (Wildman–Crippen LogP) is 1.52. The third-order valence-electron chi connectivity index (χ3n) is 1.73. The molecule has 16 heavy (non-hydrogen) atoms. The average Bonchev–Trinajstić information content (AvgIpc) is 2.18. The minimum Gasteiger partial charge on any atom is -0.370 e. The lowest BCUT2D eigenvalue weighted by molar-refractivity contribution is 1.37. The first kappa shape index (κ1) is 12.6. The van der Waals surface area contributed by atoms with E-state index in [1.54, 1.807) is 12.1 Å². The van der Waals surface area contributed by atoms with Crippen LogP contribution in [0.4, 0.5) is 5.69 Å². The smallest absolute Gasteiger partial charge is 0.223 e. The number of halogens is 2. The predicted molar refractivity (Wildman–Crippen MR) is 68.3 cm³/mol.